The van der Waals surface area contributed by atoms with Gasteiger partial charge in [0, 0.05) is 25.3 Å². The molecule has 3 heterocycles. The molecule has 0 saturated carbocycles. The first-order chi connectivity index (χ1) is 12.9. The zero-order valence-corrected chi connectivity index (χ0v) is 14.3. The number of fused-ring (bicyclic) bond motifs is 2. The van der Waals surface area contributed by atoms with Crippen molar-refractivity contribution in [3.05, 3.63) is 18.0 Å². The van der Waals surface area contributed by atoms with Crippen LogP contribution in [0.1, 0.15) is 18.7 Å². The number of imidazole rings is 1. The van der Waals surface area contributed by atoms with E-state index in [0.29, 0.717) is 31.3 Å². The molecule has 1 aromatic carbocycles. The summed E-state index contributed by atoms with van der Waals surface area (Å²) in [5.74, 6) is -0.990. The third kappa shape index (κ3) is 3.66. The van der Waals surface area contributed by atoms with Crippen LogP contribution in [-0.4, -0.2) is 47.9 Å². The Kier molecular flexibility index (Phi) is 4.58. The highest BCUT2D eigenvalue weighted by Crippen LogP contribution is 2.37. The Labute approximate surface area is 152 Å². The van der Waals surface area contributed by atoms with Crippen LogP contribution in [0.5, 0.6) is 11.5 Å². The molecule has 1 fully saturated rings. The van der Waals surface area contributed by atoms with E-state index in [1.807, 2.05) is 0 Å². The molecule has 0 bridgehead atoms. The van der Waals surface area contributed by atoms with E-state index < -0.39 is 24.5 Å². The van der Waals surface area contributed by atoms with Crippen LogP contribution in [0.4, 0.5) is 13.2 Å². The minimum absolute atomic E-state index is 0.0897. The Morgan fingerprint density at radius 3 is 2.63 bits per heavy atom. The van der Waals surface area contributed by atoms with Crippen molar-refractivity contribution in [3.8, 4) is 11.5 Å². The molecule has 10 heteroatoms. The standard InChI is InChI=1S/C17H18F3N3O4/c18-17(19,20)16-22-11-6-13-14(27-5-4-26-13)7-12(11)23(16)9-15(24)21-8-10-2-1-3-25-10/h6-7,10H,1-5,8-9H2,(H,21,24). The zero-order chi connectivity index (χ0) is 19.0. The monoisotopic (exact) mass is 385 g/mol. The van der Waals surface area contributed by atoms with Crippen molar-refractivity contribution >= 4 is 16.9 Å². The highest BCUT2D eigenvalue weighted by atomic mass is 19.4. The number of hydrogen-bond donors (Lipinski definition) is 1. The third-order valence-corrected chi connectivity index (χ3v) is 4.52. The molecule has 2 aliphatic heterocycles. The van der Waals surface area contributed by atoms with Crippen LogP contribution in [-0.2, 0) is 22.3 Å². The van der Waals surface area contributed by atoms with Crippen molar-refractivity contribution in [1.82, 2.24) is 14.9 Å². The zero-order valence-electron chi connectivity index (χ0n) is 14.3. The average molecular weight is 385 g/mol. The van der Waals surface area contributed by atoms with Gasteiger partial charge in [-0.1, -0.05) is 0 Å². The number of aromatic nitrogens is 2. The van der Waals surface area contributed by atoms with Crippen molar-refractivity contribution in [2.24, 2.45) is 0 Å². The first-order valence-corrected chi connectivity index (χ1v) is 8.67. The molecule has 2 aliphatic rings. The van der Waals surface area contributed by atoms with Gasteiger partial charge in [0.05, 0.1) is 17.1 Å². The van der Waals surface area contributed by atoms with E-state index in [-0.39, 0.29) is 23.7 Å². The van der Waals surface area contributed by atoms with E-state index >= 15 is 0 Å². The van der Waals surface area contributed by atoms with E-state index in [9.17, 15) is 18.0 Å². The van der Waals surface area contributed by atoms with Crippen LogP contribution < -0.4 is 14.8 Å². The summed E-state index contributed by atoms with van der Waals surface area (Å²) < 4.78 is 57.4. The van der Waals surface area contributed by atoms with Gasteiger partial charge in [-0.2, -0.15) is 13.2 Å². The lowest BCUT2D eigenvalue weighted by molar-refractivity contribution is -0.147. The number of carbonyl (C=O) groups is 1. The number of halogens is 3. The van der Waals surface area contributed by atoms with Crippen LogP contribution in [0.2, 0.25) is 0 Å². The largest absolute Gasteiger partial charge is 0.486 e. The number of alkyl halides is 3. The van der Waals surface area contributed by atoms with E-state index in [0.717, 1.165) is 17.4 Å². The summed E-state index contributed by atoms with van der Waals surface area (Å²) >= 11 is 0. The van der Waals surface area contributed by atoms with E-state index in [1.165, 1.54) is 12.1 Å². The summed E-state index contributed by atoms with van der Waals surface area (Å²) in [5, 5.41) is 2.63. The molecule has 1 saturated heterocycles. The lowest BCUT2D eigenvalue weighted by Gasteiger charge is -2.18. The summed E-state index contributed by atoms with van der Waals surface area (Å²) in [5.41, 5.74) is 0.261. The van der Waals surface area contributed by atoms with Crippen LogP contribution >= 0.6 is 0 Å². The van der Waals surface area contributed by atoms with Gasteiger partial charge >= 0.3 is 6.18 Å². The highest BCUT2D eigenvalue weighted by Gasteiger charge is 2.38. The number of amides is 1. The first-order valence-electron chi connectivity index (χ1n) is 8.67. The fraction of sp³-hybridized carbons (Fsp3) is 0.529. The Hall–Kier alpha value is -2.49. The van der Waals surface area contributed by atoms with Crippen LogP contribution in [0.15, 0.2) is 12.1 Å². The second-order valence-corrected chi connectivity index (χ2v) is 6.44. The quantitative estimate of drug-likeness (QED) is 0.873. The molecule has 4 rings (SSSR count). The summed E-state index contributed by atoms with van der Waals surface area (Å²) in [6.45, 7) is 1.03. The van der Waals surface area contributed by atoms with Crippen LogP contribution in [0, 0.1) is 0 Å². The Morgan fingerprint density at radius 2 is 1.96 bits per heavy atom. The molecule has 1 amide bonds. The van der Waals surface area contributed by atoms with Gasteiger partial charge in [-0.05, 0) is 12.8 Å². The molecule has 1 N–H and O–H groups in total. The number of benzene rings is 1. The van der Waals surface area contributed by atoms with E-state index in [4.69, 9.17) is 14.2 Å². The summed E-state index contributed by atoms with van der Waals surface area (Å²) in [6, 6.07) is 2.83. The number of hydrogen-bond acceptors (Lipinski definition) is 5. The SMILES string of the molecule is O=C(Cn1c(C(F)(F)F)nc2cc3c(cc21)OCCO3)NCC1CCCO1. The van der Waals surface area contributed by atoms with Crippen molar-refractivity contribution in [2.75, 3.05) is 26.4 Å². The van der Waals surface area contributed by atoms with E-state index in [2.05, 4.69) is 10.3 Å². The maximum Gasteiger partial charge on any atom is 0.449 e. The molecule has 2 aromatic rings. The number of nitrogens with one attached hydrogen (secondary N) is 1. The minimum atomic E-state index is -4.70. The maximum absolute atomic E-state index is 13.4. The van der Waals surface area contributed by atoms with Crippen molar-refractivity contribution < 1.29 is 32.2 Å². The Morgan fingerprint density at radius 1 is 1.22 bits per heavy atom. The van der Waals surface area contributed by atoms with Crippen molar-refractivity contribution in [1.29, 1.82) is 0 Å². The summed E-state index contributed by atoms with van der Waals surface area (Å²) in [6.07, 6.45) is -3.05. The fourth-order valence-corrected chi connectivity index (χ4v) is 3.27. The smallest absolute Gasteiger partial charge is 0.449 e. The predicted molar refractivity (Wildman–Crippen MR) is 87.7 cm³/mol. The number of nitrogens with zero attached hydrogens (tertiary/aromatic N) is 2. The van der Waals surface area contributed by atoms with Crippen LogP contribution in [0.3, 0.4) is 0 Å². The summed E-state index contributed by atoms with van der Waals surface area (Å²) in [7, 11) is 0. The number of ether oxygens (including phenoxy) is 3. The second-order valence-electron chi connectivity index (χ2n) is 6.44. The Bertz CT molecular complexity index is 859. The molecule has 1 aromatic heterocycles. The summed E-state index contributed by atoms with van der Waals surface area (Å²) in [4.78, 5) is 15.9. The molecule has 0 radical (unpaired) electrons. The molecule has 0 spiro atoms. The molecular weight excluding hydrogens is 367 g/mol. The van der Waals surface area contributed by atoms with Gasteiger partial charge in [0.15, 0.2) is 11.5 Å². The van der Waals surface area contributed by atoms with Crippen LogP contribution in [0.25, 0.3) is 11.0 Å². The predicted octanol–water partition coefficient (Wildman–Crippen LogP) is 2.12. The van der Waals surface area contributed by atoms with Crippen molar-refractivity contribution in [3.63, 3.8) is 0 Å². The molecule has 1 unspecified atom stereocenters. The first kappa shape index (κ1) is 17.9. The molecule has 0 aliphatic carbocycles. The fourth-order valence-electron chi connectivity index (χ4n) is 3.27. The second kappa shape index (κ2) is 6.91. The van der Waals surface area contributed by atoms with Gasteiger partial charge in [0.25, 0.3) is 0 Å². The van der Waals surface area contributed by atoms with Gasteiger partial charge in [-0.25, -0.2) is 4.98 Å². The van der Waals surface area contributed by atoms with Crippen molar-refractivity contribution in [2.45, 2.75) is 31.7 Å². The molecule has 146 valence electrons. The van der Waals surface area contributed by atoms with Gasteiger partial charge in [-0.3, -0.25) is 4.79 Å². The lowest BCUT2D eigenvalue weighted by Crippen LogP contribution is -2.35. The van der Waals surface area contributed by atoms with Gasteiger partial charge in [-0.15, -0.1) is 0 Å². The Balaban J connectivity index is 1.63. The molecule has 27 heavy (non-hydrogen) atoms. The van der Waals surface area contributed by atoms with Gasteiger partial charge in [0.1, 0.15) is 19.8 Å². The number of rotatable bonds is 4. The maximum atomic E-state index is 13.4. The molecular formula is C17H18F3N3O4. The normalized spacial score (nSPS) is 19.4. The highest BCUT2D eigenvalue weighted by molar-refractivity contribution is 5.84. The third-order valence-electron chi connectivity index (χ3n) is 4.52. The van der Waals surface area contributed by atoms with Gasteiger partial charge in [0.2, 0.25) is 11.7 Å². The molecule has 1 atom stereocenters. The average Bonchev–Trinajstić information content (AvgIpc) is 3.26. The minimum Gasteiger partial charge on any atom is -0.486 e. The van der Waals surface area contributed by atoms with Gasteiger partial charge < -0.3 is 24.1 Å². The lowest BCUT2D eigenvalue weighted by atomic mass is 10.2. The van der Waals surface area contributed by atoms with E-state index in [1.54, 1.807) is 0 Å². The topological polar surface area (TPSA) is 74.6 Å². The molecule has 7 nitrogen and oxygen atoms in total. The number of carbonyl (C=O) groups excluding carboxylic acids is 1.